The highest BCUT2D eigenvalue weighted by molar-refractivity contribution is 9.10. The highest BCUT2D eigenvalue weighted by atomic mass is 79.9. The van der Waals surface area contributed by atoms with Crippen LogP contribution in [0.15, 0.2) is 45.5 Å². The molecule has 19 heavy (non-hydrogen) atoms. The highest BCUT2D eigenvalue weighted by Crippen LogP contribution is 2.21. The summed E-state index contributed by atoms with van der Waals surface area (Å²) in [5, 5.41) is 0. The van der Waals surface area contributed by atoms with E-state index in [9.17, 15) is 4.39 Å². The molecule has 0 bridgehead atoms. The Balaban J connectivity index is 2.21. The third-order valence-electron chi connectivity index (χ3n) is 2.67. The lowest BCUT2D eigenvalue weighted by molar-refractivity contribution is 0.535. The summed E-state index contributed by atoms with van der Waals surface area (Å²) in [6, 6.07) is 8.39. The van der Waals surface area contributed by atoms with Crippen LogP contribution in [0.25, 0.3) is 0 Å². The van der Waals surface area contributed by atoms with Gasteiger partial charge in [0.15, 0.2) is 0 Å². The van der Waals surface area contributed by atoms with Crippen molar-refractivity contribution >= 4 is 31.9 Å². The number of halogens is 3. The zero-order chi connectivity index (χ0) is 13.8. The van der Waals surface area contributed by atoms with E-state index in [0.29, 0.717) is 10.9 Å². The van der Waals surface area contributed by atoms with Crippen LogP contribution in [0.5, 0.6) is 0 Å². The quantitative estimate of drug-likeness (QED) is 0.622. The van der Waals surface area contributed by atoms with Gasteiger partial charge in [-0.25, -0.2) is 4.39 Å². The molecule has 1 aromatic carbocycles. The molecule has 0 aliphatic carbocycles. The summed E-state index contributed by atoms with van der Waals surface area (Å²) in [6.45, 7) is 0. The lowest BCUT2D eigenvalue weighted by atomic mass is 10.0. The Bertz CT molecular complexity index is 540. The fourth-order valence-electron chi connectivity index (χ4n) is 1.81. The summed E-state index contributed by atoms with van der Waals surface area (Å²) in [5.74, 6) is 5.29. The molecule has 0 radical (unpaired) electrons. The third-order valence-corrected chi connectivity index (χ3v) is 3.60. The number of aromatic nitrogens is 1. The molecule has 0 spiro atoms. The molecule has 3 N–H and O–H groups in total. The van der Waals surface area contributed by atoms with Crippen LogP contribution >= 0.6 is 31.9 Å². The SMILES string of the molecule is NNC(Cc1cc(F)cc(Br)c1)c1ccc(Br)cn1. The largest absolute Gasteiger partial charge is 0.271 e. The molecular weight excluding hydrogens is 377 g/mol. The summed E-state index contributed by atoms with van der Waals surface area (Å²) >= 11 is 6.61. The first-order chi connectivity index (χ1) is 9.08. The van der Waals surface area contributed by atoms with Gasteiger partial charge < -0.3 is 0 Å². The average Bonchev–Trinajstić information content (AvgIpc) is 2.36. The topological polar surface area (TPSA) is 50.9 Å². The summed E-state index contributed by atoms with van der Waals surface area (Å²) in [5.41, 5.74) is 4.37. The van der Waals surface area contributed by atoms with Gasteiger partial charge in [0.05, 0.1) is 11.7 Å². The minimum absolute atomic E-state index is 0.165. The van der Waals surface area contributed by atoms with Crippen LogP contribution in [-0.2, 0) is 6.42 Å². The van der Waals surface area contributed by atoms with Crippen LogP contribution in [0.3, 0.4) is 0 Å². The second-order valence-electron chi connectivity index (χ2n) is 4.10. The Morgan fingerprint density at radius 3 is 2.58 bits per heavy atom. The van der Waals surface area contributed by atoms with Gasteiger partial charge in [-0.2, -0.15) is 0 Å². The van der Waals surface area contributed by atoms with Crippen LogP contribution in [0, 0.1) is 5.82 Å². The molecule has 1 aromatic heterocycles. The van der Waals surface area contributed by atoms with Crippen molar-refractivity contribution in [3.05, 3.63) is 62.5 Å². The fourth-order valence-corrected chi connectivity index (χ4v) is 2.55. The number of nitrogens with two attached hydrogens (primary N) is 1. The molecule has 100 valence electrons. The van der Waals surface area contributed by atoms with E-state index in [-0.39, 0.29) is 11.9 Å². The number of benzene rings is 1. The molecule has 6 heteroatoms. The normalized spacial score (nSPS) is 12.4. The van der Waals surface area contributed by atoms with Crippen molar-refractivity contribution in [2.24, 2.45) is 5.84 Å². The molecule has 1 atom stereocenters. The van der Waals surface area contributed by atoms with Crippen LogP contribution in [-0.4, -0.2) is 4.98 Å². The molecule has 0 saturated carbocycles. The van der Waals surface area contributed by atoms with Gasteiger partial charge in [0, 0.05) is 15.1 Å². The Kier molecular flexibility index (Phi) is 5.04. The summed E-state index contributed by atoms with van der Waals surface area (Å²) in [4.78, 5) is 4.30. The Labute approximate surface area is 127 Å². The first kappa shape index (κ1) is 14.6. The standard InChI is InChI=1S/C13H12Br2FN3/c14-9-1-2-12(18-7-9)13(19-17)5-8-3-10(15)6-11(16)4-8/h1-4,6-7,13,19H,5,17H2. The van der Waals surface area contributed by atoms with Crippen molar-refractivity contribution in [2.75, 3.05) is 0 Å². The van der Waals surface area contributed by atoms with Crippen molar-refractivity contribution in [3.8, 4) is 0 Å². The van der Waals surface area contributed by atoms with Crippen LogP contribution < -0.4 is 11.3 Å². The minimum atomic E-state index is -0.274. The molecule has 0 aliphatic rings. The number of nitrogens with one attached hydrogen (secondary N) is 1. The number of pyridine rings is 1. The second kappa shape index (κ2) is 6.56. The van der Waals surface area contributed by atoms with Crippen molar-refractivity contribution in [2.45, 2.75) is 12.5 Å². The Morgan fingerprint density at radius 2 is 2.00 bits per heavy atom. The van der Waals surface area contributed by atoms with Gasteiger partial charge in [0.25, 0.3) is 0 Å². The second-order valence-corrected chi connectivity index (χ2v) is 5.93. The summed E-state index contributed by atoms with van der Waals surface area (Å²) in [6.07, 6.45) is 2.27. The van der Waals surface area contributed by atoms with Gasteiger partial charge in [-0.3, -0.25) is 16.3 Å². The molecule has 0 aliphatic heterocycles. The molecule has 3 nitrogen and oxygen atoms in total. The van der Waals surface area contributed by atoms with Gasteiger partial charge >= 0.3 is 0 Å². The zero-order valence-electron chi connectivity index (χ0n) is 9.91. The van der Waals surface area contributed by atoms with Gasteiger partial charge in [0.2, 0.25) is 0 Å². The molecule has 0 amide bonds. The average molecular weight is 389 g/mol. The van der Waals surface area contributed by atoms with Crippen LogP contribution in [0.4, 0.5) is 4.39 Å². The smallest absolute Gasteiger partial charge is 0.124 e. The molecule has 0 saturated heterocycles. The third kappa shape index (κ3) is 4.07. The van der Waals surface area contributed by atoms with E-state index in [1.807, 2.05) is 18.2 Å². The summed E-state index contributed by atoms with van der Waals surface area (Å²) in [7, 11) is 0. The van der Waals surface area contributed by atoms with Gasteiger partial charge in [-0.15, -0.1) is 0 Å². The Hall–Kier alpha value is -0.820. The van der Waals surface area contributed by atoms with Gasteiger partial charge in [-0.1, -0.05) is 15.9 Å². The molecular formula is C13H12Br2FN3. The number of hydrazine groups is 1. The van der Waals surface area contributed by atoms with Crippen LogP contribution in [0.2, 0.25) is 0 Å². The van der Waals surface area contributed by atoms with E-state index >= 15 is 0 Å². The molecule has 1 unspecified atom stereocenters. The van der Waals surface area contributed by atoms with E-state index in [1.165, 1.54) is 12.1 Å². The van der Waals surface area contributed by atoms with E-state index < -0.39 is 0 Å². The van der Waals surface area contributed by atoms with E-state index in [0.717, 1.165) is 15.7 Å². The predicted molar refractivity (Wildman–Crippen MR) is 79.8 cm³/mol. The monoisotopic (exact) mass is 387 g/mol. The molecule has 1 heterocycles. The van der Waals surface area contributed by atoms with Crippen molar-refractivity contribution < 1.29 is 4.39 Å². The maximum atomic E-state index is 13.3. The number of hydrogen-bond donors (Lipinski definition) is 2. The summed E-state index contributed by atoms with van der Waals surface area (Å²) < 4.78 is 14.9. The van der Waals surface area contributed by atoms with Gasteiger partial charge in [0.1, 0.15) is 5.82 Å². The molecule has 2 rings (SSSR count). The first-order valence-corrected chi connectivity index (χ1v) is 7.19. The lowest BCUT2D eigenvalue weighted by Crippen LogP contribution is -2.30. The van der Waals surface area contributed by atoms with E-state index in [2.05, 4.69) is 42.3 Å². The van der Waals surface area contributed by atoms with Crippen LogP contribution in [0.1, 0.15) is 17.3 Å². The number of rotatable bonds is 4. The van der Waals surface area contributed by atoms with Crippen molar-refractivity contribution in [1.82, 2.24) is 10.4 Å². The van der Waals surface area contributed by atoms with E-state index in [1.54, 1.807) is 6.20 Å². The van der Waals surface area contributed by atoms with Gasteiger partial charge in [-0.05, 0) is 58.2 Å². The number of nitrogens with zero attached hydrogens (tertiary/aromatic N) is 1. The molecule has 0 fully saturated rings. The number of hydrogen-bond acceptors (Lipinski definition) is 3. The first-order valence-electron chi connectivity index (χ1n) is 5.61. The zero-order valence-corrected chi connectivity index (χ0v) is 13.1. The maximum Gasteiger partial charge on any atom is 0.124 e. The highest BCUT2D eigenvalue weighted by Gasteiger charge is 2.13. The van der Waals surface area contributed by atoms with Crippen molar-refractivity contribution in [3.63, 3.8) is 0 Å². The van der Waals surface area contributed by atoms with Crippen molar-refractivity contribution in [1.29, 1.82) is 0 Å². The minimum Gasteiger partial charge on any atom is -0.271 e. The predicted octanol–water partition coefficient (Wildman–Crippen LogP) is 3.49. The molecule has 2 aromatic rings. The Morgan fingerprint density at radius 1 is 1.21 bits per heavy atom. The maximum absolute atomic E-state index is 13.3. The fraction of sp³-hybridized carbons (Fsp3) is 0.154. The lowest BCUT2D eigenvalue weighted by Gasteiger charge is -2.15. The van der Waals surface area contributed by atoms with E-state index in [4.69, 9.17) is 5.84 Å².